The average molecular weight is 564 g/mol. The Morgan fingerprint density at radius 1 is 0.875 bits per heavy atom. The molecular formula is C28H20F3N5O3S. The number of benzene rings is 2. The van der Waals surface area contributed by atoms with Gasteiger partial charge in [0.2, 0.25) is 0 Å². The molecule has 2 aromatic carbocycles. The van der Waals surface area contributed by atoms with Crippen molar-refractivity contribution in [1.82, 2.24) is 19.7 Å². The largest absolute Gasteiger partial charge is 0.433 e. The summed E-state index contributed by atoms with van der Waals surface area (Å²) < 4.78 is 65.4. The van der Waals surface area contributed by atoms with Gasteiger partial charge in [0.1, 0.15) is 11.5 Å². The van der Waals surface area contributed by atoms with Gasteiger partial charge in [0.05, 0.1) is 22.5 Å². The van der Waals surface area contributed by atoms with Crippen LogP contribution in [-0.2, 0) is 16.0 Å². The van der Waals surface area contributed by atoms with Gasteiger partial charge in [-0.25, -0.2) is 18.1 Å². The maximum Gasteiger partial charge on any atom is 0.433 e. The highest BCUT2D eigenvalue weighted by Gasteiger charge is 2.36. The molecule has 0 aliphatic carbocycles. The van der Waals surface area contributed by atoms with Gasteiger partial charge in [-0.1, -0.05) is 24.3 Å². The zero-order valence-electron chi connectivity index (χ0n) is 20.8. The molecule has 3 heterocycles. The van der Waals surface area contributed by atoms with E-state index in [0.717, 1.165) is 22.6 Å². The molecule has 1 N–H and O–H groups in total. The Labute approximate surface area is 227 Å². The summed E-state index contributed by atoms with van der Waals surface area (Å²) in [6.45, 7) is 0. The summed E-state index contributed by atoms with van der Waals surface area (Å²) in [5.74, 6) is -0.353. The third-order valence-electron chi connectivity index (χ3n) is 5.93. The quantitative estimate of drug-likeness (QED) is 0.285. The molecule has 0 saturated heterocycles. The number of aromatic nitrogens is 4. The Morgan fingerprint density at radius 2 is 1.62 bits per heavy atom. The van der Waals surface area contributed by atoms with Gasteiger partial charge >= 0.3 is 6.18 Å². The van der Waals surface area contributed by atoms with E-state index in [1.807, 2.05) is 0 Å². The predicted octanol–water partition coefficient (Wildman–Crippen LogP) is 5.67. The van der Waals surface area contributed by atoms with Crippen LogP contribution < -0.4 is 5.32 Å². The van der Waals surface area contributed by atoms with Gasteiger partial charge in [-0.2, -0.15) is 18.3 Å². The van der Waals surface area contributed by atoms with Gasteiger partial charge < -0.3 is 5.32 Å². The number of nitrogens with one attached hydrogen (secondary N) is 1. The molecule has 12 heteroatoms. The van der Waals surface area contributed by atoms with E-state index >= 15 is 0 Å². The van der Waals surface area contributed by atoms with Crippen molar-refractivity contribution in [3.63, 3.8) is 0 Å². The Bertz CT molecular complexity index is 1790. The Balaban J connectivity index is 1.36. The number of carbonyl (C=O) groups is 1. The number of hydrogen-bond donors (Lipinski definition) is 1. The average Bonchev–Trinajstić information content (AvgIpc) is 3.40. The molecule has 40 heavy (non-hydrogen) atoms. The van der Waals surface area contributed by atoms with Crippen LogP contribution in [0.5, 0.6) is 0 Å². The van der Waals surface area contributed by atoms with Crippen LogP contribution in [0.4, 0.5) is 19.0 Å². The summed E-state index contributed by atoms with van der Waals surface area (Å²) in [4.78, 5) is 21.1. The van der Waals surface area contributed by atoms with Gasteiger partial charge in [-0.15, -0.1) is 0 Å². The number of sulfone groups is 1. The third kappa shape index (κ3) is 5.76. The lowest BCUT2D eigenvalue weighted by atomic mass is 10.0. The zero-order valence-corrected chi connectivity index (χ0v) is 21.6. The van der Waals surface area contributed by atoms with Crippen LogP contribution in [0.3, 0.4) is 0 Å². The molecule has 5 rings (SSSR count). The standard InChI is InChI=1S/C28H20F3N5O3S/c1-40(38,39)23-10-7-18(8-11-23)19-4-2-5-20(14-19)27(37)34-26-12-9-22(17-33-26)36-25(28(29,30)31)15-24(35-36)21-6-3-13-32-16-21/h2-17H,1H3,(H,33,34,37). The molecule has 8 nitrogen and oxygen atoms in total. The Kier molecular flexibility index (Phi) is 6.94. The molecule has 0 spiro atoms. The second-order valence-electron chi connectivity index (χ2n) is 8.80. The minimum Gasteiger partial charge on any atom is -0.307 e. The second-order valence-corrected chi connectivity index (χ2v) is 10.8. The molecule has 0 radical (unpaired) electrons. The zero-order chi connectivity index (χ0) is 28.5. The van der Waals surface area contributed by atoms with Crippen molar-refractivity contribution in [1.29, 1.82) is 0 Å². The summed E-state index contributed by atoms with van der Waals surface area (Å²) in [7, 11) is -3.33. The number of pyridine rings is 2. The van der Waals surface area contributed by atoms with Crippen LogP contribution in [0.15, 0.2) is 102 Å². The van der Waals surface area contributed by atoms with Crippen LogP contribution in [0.2, 0.25) is 0 Å². The normalized spacial score (nSPS) is 11.8. The summed E-state index contributed by atoms with van der Waals surface area (Å²) in [6.07, 6.45) is 0.568. The van der Waals surface area contributed by atoms with E-state index in [9.17, 15) is 26.4 Å². The first-order valence-corrected chi connectivity index (χ1v) is 13.6. The van der Waals surface area contributed by atoms with Gasteiger partial charge in [0, 0.05) is 29.8 Å². The van der Waals surface area contributed by atoms with Crippen molar-refractivity contribution in [2.45, 2.75) is 11.1 Å². The highest BCUT2D eigenvalue weighted by Crippen LogP contribution is 2.34. The lowest BCUT2D eigenvalue weighted by molar-refractivity contribution is -0.142. The van der Waals surface area contributed by atoms with E-state index in [0.29, 0.717) is 16.7 Å². The summed E-state index contributed by atoms with van der Waals surface area (Å²) in [6, 6.07) is 19.9. The van der Waals surface area contributed by atoms with Crippen LogP contribution in [-0.4, -0.2) is 40.3 Å². The van der Waals surface area contributed by atoms with E-state index in [1.165, 1.54) is 42.9 Å². The van der Waals surface area contributed by atoms with Crippen LogP contribution in [0.25, 0.3) is 28.1 Å². The van der Waals surface area contributed by atoms with Gasteiger partial charge in [0.25, 0.3) is 5.91 Å². The molecule has 1 amide bonds. The first-order chi connectivity index (χ1) is 19.0. The Hall–Kier alpha value is -4.84. The summed E-state index contributed by atoms with van der Waals surface area (Å²) in [5, 5.41) is 6.74. The van der Waals surface area contributed by atoms with Crippen molar-refractivity contribution in [3.05, 3.63) is 109 Å². The van der Waals surface area contributed by atoms with E-state index in [-0.39, 0.29) is 22.1 Å². The third-order valence-corrected chi connectivity index (χ3v) is 7.06. The molecule has 202 valence electrons. The maximum absolute atomic E-state index is 13.7. The fraction of sp³-hybridized carbons (Fsp3) is 0.0714. The maximum atomic E-state index is 13.7. The predicted molar refractivity (Wildman–Crippen MR) is 143 cm³/mol. The molecule has 0 unspecified atom stereocenters. The van der Waals surface area contributed by atoms with Crippen LogP contribution in [0.1, 0.15) is 16.1 Å². The van der Waals surface area contributed by atoms with E-state index < -0.39 is 27.6 Å². The van der Waals surface area contributed by atoms with Crippen molar-refractivity contribution in [3.8, 4) is 28.1 Å². The molecule has 3 aromatic heterocycles. The molecule has 0 atom stereocenters. The lowest BCUT2D eigenvalue weighted by Crippen LogP contribution is -2.15. The molecule has 5 aromatic rings. The van der Waals surface area contributed by atoms with Crippen molar-refractivity contribution in [2.75, 3.05) is 11.6 Å². The van der Waals surface area contributed by atoms with Gasteiger partial charge in [-0.3, -0.25) is 9.78 Å². The number of carbonyl (C=O) groups excluding carboxylic acids is 1. The number of hydrogen-bond acceptors (Lipinski definition) is 6. The number of nitrogens with zero attached hydrogens (tertiary/aromatic N) is 4. The van der Waals surface area contributed by atoms with Crippen LogP contribution in [0, 0.1) is 0 Å². The number of amides is 1. The smallest absolute Gasteiger partial charge is 0.307 e. The van der Waals surface area contributed by atoms with E-state index in [1.54, 1.807) is 48.5 Å². The topological polar surface area (TPSA) is 107 Å². The molecule has 0 fully saturated rings. The van der Waals surface area contributed by atoms with Gasteiger partial charge in [0.15, 0.2) is 9.84 Å². The summed E-state index contributed by atoms with van der Waals surface area (Å²) >= 11 is 0. The van der Waals surface area contributed by atoms with Crippen molar-refractivity contribution < 1.29 is 26.4 Å². The number of alkyl halides is 3. The minimum atomic E-state index is -4.67. The Morgan fingerprint density at radius 3 is 2.25 bits per heavy atom. The monoisotopic (exact) mass is 563 g/mol. The molecule has 0 aliphatic heterocycles. The number of rotatable bonds is 6. The number of halogens is 3. The highest BCUT2D eigenvalue weighted by atomic mass is 32.2. The SMILES string of the molecule is CS(=O)(=O)c1ccc(-c2cccc(C(=O)Nc3ccc(-n4nc(-c5cccnc5)cc4C(F)(F)F)cn3)c2)cc1. The van der Waals surface area contributed by atoms with E-state index in [4.69, 9.17) is 0 Å². The molecule has 0 aliphatic rings. The molecule has 0 bridgehead atoms. The van der Waals surface area contributed by atoms with Crippen LogP contribution >= 0.6 is 0 Å². The number of anilines is 1. The molecular weight excluding hydrogens is 543 g/mol. The molecule has 0 saturated carbocycles. The van der Waals surface area contributed by atoms with Crippen molar-refractivity contribution in [2.24, 2.45) is 0 Å². The minimum absolute atomic E-state index is 0.0556. The second kappa shape index (κ2) is 10.4. The first kappa shape index (κ1) is 26.8. The lowest BCUT2D eigenvalue weighted by Gasteiger charge is -2.11. The fourth-order valence-corrected chi connectivity index (χ4v) is 4.57. The van der Waals surface area contributed by atoms with Gasteiger partial charge in [-0.05, 0) is 65.7 Å². The summed E-state index contributed by atoms with van der Waals surface area (Å²) in [5.41, 5.74) is 1.32. The first-order valence-electron chi connectivity index (χ1n) is 11.7. The van der Waals surface area contributed by atoms with E-state index in [2.05, 4.69) is 20.4 Å². The fourth-order valence-electron chi connectivity index (χ4n) is 3.94. The highest BCUT2D eigenvalue weighted by molar-refractivity contribution is 7.90. The van der Waals surface area contributed by atoms with Crippen molar-refractivity contribution >= 4 is 21.6 Å².